The average molecular weight is 853 g/mol. The van der Waals surface area contributed by atoms with Gasteiger partial charge in [0.05, 0.1) is 38.2 Å². The maximum Gasteiger partial charge on any atom is 0.242 e. The largest absolute Gasteiger partial charge is 0.543 e. The molecule has 0 heterocycles. The lowest BCUT2D eigenvalue weighted by Crippen LogP contribution is -2.49. The van der Waals surface area contributed by atoms with Crippen molar-refractivity contribution in [2.24, 2.45) is 0 Å². The molecule has 3 aromatic carbocycles. The quantitative estimate of drug-likeness (QED) is 0.0420. The zero-order chi connectivity index (χ0) is 45.2. The fraction of sp³-hybridized carbons (Fsp3) is 0.537. The molecule has 0 radical (unpaired) electrons. The van der Waals surface area contributed by atoms with Gasteiger partial charge >= 0.3 is 0 Å². The molecular formula is C41H68N4O13Si. The second-order valence-corrected chi connectivity index (χ2v) is 19.4. The van der Waals surface area contributed by atoms with E-state index in [1.165, 1.54) is 13.5 Å². The first kappa shape index (κ1) is 53.0. The zero-order valence-electron chi connectivity index (χ0n) is 35.4. The molecule has 8 atom stereocenters. The highest BCUT2D eigenvalue weighted by Crippen LogP contribution is 2.30. The molecule has 0 aliphatic carbocycles. The highest BCUT2D eigenvalue weighted by molar-refractivity contribution is 6.70. The van der Waals surface area contributed by atoms with E-state index in [-0.39, 0.29) is 24.4 Å². The minimum absolute atomic E-state index is 0.00726. The van der Waals surface area contributed by atoms with Gasteiger partial charge < -0.3 is 81.5 Å². The molecule has 17 nitrogen and oxygen atoms in total. The van der Waals surface area contributed by atoms with Gasteiger partial charge in [-0.2, -0.15) is 0 Å². The summed E-state index contributed by atoms with van der Waals surface area (Å²) in [4.78, 5) is 16.3. The van der Waals surface area contributed by atoms with Crippen molar-refractivity contribution in [1.82, 2.24) is 0 Å². The molecule has 0 amide bonds. The topological polar surface area (TPSA) is 296 Å². The summed E-state index contributed by atoms with van der Waals surface area (Å²) < 4.78 is 11.0. The summed E-state index contributed by atoms with van der Waals surface area (Å²) in [5.41, 5.74) is 14.8. The number of carbonyl (C=O) groups excluding carboxylic acids is 1. The Kier molecular flexibility index (Phi) is 22.9. The van der Waals surface area contributed by atoms with Crippen LogP contribution in [0.2, 0.25) is 19.6 Å². The number of hydrogen-bond acceptors (Lipinski definition) is 17. The number of benzene rings is 3. The van der Waals surface area contributed by atoms with E-state index in [0.29, 0.717) is 46.4 Å². The molecule has 0 fully saturated rings. The summed E-state index contributed by atoms with van der Waals surface area (Å²) in [5, 5.41) is 96.4. The van der Waals surface area contributed by atoms with Crippen molar-refractivity contribution in [3.63, 3.8) is 0 Å². The molecule has 0 aliphatic heterocycles. The van der Waals surface area contributed by atoms with Gasteiger partial charge in [-0.25, -0.2) is 0 Å². The number of aliphatic hydroxyl groups excluding tert-OH is 10. The number of rotatable bonds is 20. The maximum absolute atomic E-state index is 12.9. The Morgan fingerprint density at radius 3 is 1.59 bits per heavy atom. The highest BCUT2D eigenvalue weighted by Gasteiger charge is 2.32. The summed E-state index contributed by atoms with van der Waals surface area (Å²) >= 11 is 0. The van der Waals surface area contributed by atoms with Gasteiger partial charge in [-0.15, -0.1) is 0 Å². The lowest BCUT2D eigenvalue weighted by Gasteiger charge is -2.31. The number of ether oxygens (including phenoxy) is 1. The normalized spacial score (nSPS) is 15.4. The van der Waals surface area contributed by atoms with Gasteiger partial charge in [0.15, 0.2) is 5.78 Å². The first-order valence-electron chi connectivity index (χ1n) is 19.4. The van der Waals surface area contributed by atoms with Crippen LogP contribution in [0.3, 0.4) is 0 Å². The van der Waals surface area contributed by atoms with Crippen molar-refractivity contribution >= 4 is 36.9 Å². The van der Waals surface area contributed by atoms with Crippen molar-refractivity contribution in [3.8, 4) is 11.5 Å². The van der Waals surface area contributed by atoms with E-state index < -0.39 is 70.4 Å². The van der Waals surface area contributed by atoms with E-state index in [4.69, 9.17) is 30.8 Å². The Hall–Kier alpha value is -4.05. The monoisotopic (exact) mass is 852 g/mol. The Morgan fingerprint density at radius 1 is 0.678 bits per heavy atom. The van der Waals surface area contributed by atoms with Gasteiger partial charge in [0.25, 0.3) is 0 Å². The van der Waals surface area contributed by atoms with Crippen LogP contribution in [-0.2, 0) is 0 Å². The Morgan fingerprint density at radius 2 is 1.14 bits per heavy atom. The number of hydrogen-bond donors (Lipinski definition) is 12. The number of anilines is 4. The third-order valence-electron chi connectivity index (χ3n) is 8.75. The molecule has 0 aromatic heterocycles. The Bertz CT molecular complexity index is 1670. The molecule has 18 heteroatoms. The molecule has 334 valence electrons. The van der Waals surface area contributed by atoms with Crippen LogP contribution in [0.25, 0.3) is 0 Å². The third kappa shape index (κ3) is 16.9. The molecule has 0 saturated heterocycles. The number of methoxy groups -OCH3 is 1. The molecule has 0 aliphatic rings. The minimum atomic E-state index is -1.84. The number of carbonyl (C=O) groups is 1. The van der Waals surface area contributed by atoms with Crippen molar-refractivity contribution in [1.29, 1.82) is 0 Å². The summed E-state index contributed by atoms with van der Waals surface area (Å²) in [7, 11) is 1.40. The SMILES string of the molecule is CCC.CCN(CC(O)C(O)C(O)C(O)CO)c1ccc(N)c(C(=O)c2ccc(OC)cc2)c1.CN(CC(O)C(O)C(O)C(O)CO)c1ccc(N)c(O[Si](C)(C)C)c1. The van der Waals surface area contributed by atoms with Crippen LogP contribution in [0.5, 0.6) is 11.5 Å². The second-order valence-electron chi connectivity index (χ2n) is 15.0. The third-order valence-corrected chi connectivity index (χ3v) is 9.59. The van der Waals surface area contributed by atoms with E-state index in [1.807, 2.05) is 26.6 Å². The van der Waals surface area contributed by atoms with Gasteiger partial charge in [0, 0.05) is 60.9 Å². The maximum atomic E-state index is 12.9. The number of aliphatic hydroxyl groups is 10. The second kappa shape index (κ2) is 25.5. The Labute approximate surface area is 348 Å². The predicted octanol–water partition coefficient (Wildman–Crippen LogP) is 0.542. The minimum Gasteiger partial charge on any atom is -0.543 e. The van der Waals surface area contributed by atoms with Crippen LogP contribution in [-0.4, -0.2) is 161 Å². The number of ketones is 1. The Balaban J connectivity index is 0.000000565. The van der Waals surface area contributed by atoms with Gasteiger partial charge in [-0.1, -0.05) is 20.3 Å². The fourth-order valence-electron chi connectivity index (χ4n) is 5.39. The van der Waals surface area contributed by atoms with Gasteiger partial charge in [-0.3, -0.25) is 4.79 Å². The lowest BCUT2D eigenvalue weighted by molar-refractivity contribution is -0.112. The predicted molar refractivity (Wildman–Crippen MR) is 231 cm³/mol. The van der Waals surface area contributed by atoms with E-state index in [9.17, 15) is 45.6 Å². The summed E-state index contributed by atoms with van der Waals surface area (Å²) in [5.74, 6) is 0.908. The number of nitrogen functional groups attached to an aromatic ring is 2. The van der Waals surface area contributed by atoms with Gasteiger partial charge in [-0.05, 0) is 81.2 Å². The van der Waals surface area contributed by atoms with Crippen molar-refractivity contribution < 1.29 is 65.0 Å². The van der Waals surface area contributed by atoms with Crippen LogP contribution in [0.1, 0.15) is 43.1 Å². The smallest absolute Gasteiger partial charge is 0.242 e. The number of likely N-dealkylation sites (N-methyl/N-ethyl adjacent to an activating group) is 2. The summed E-state index contributed by atoms with van der Waals surface area (Å²) in [6.45, 7) is 11.0. The van der Waals surface area contributed by atoms with Crippen molar-refractivity contribution in [2.45, 2.75) is 95.7 Å². The van der Waals surface area contributed by atoms with Crippen LogP contribution >= 0.6 is 0 Å². The van der Waals surface area contributed by atoms with Crippen molar-refractivity contribution in [2.75, 3.05) is 68.3 Å². The van der Waals surface area contributed by atoms with E-state index in [1.54, 1.807) is 77.5 Å². The van der Waals surface area contributed by atoms with Crippen LogP contribution in [0, 0.1) is 0 Å². The van der Waals surface area contributed by atoms with E-state index in [2.05, 4.69) is 13.8 Å². The average Bonchev–Trinajstić information content (AvgIpc) is 3.21. The summed E-state index contributed by atoms with van der Waals surface area (Å²) in [6, 6.07) is 16.7. The first-order chi connectivity index (χ1) is 27.6. The fourth-order valence-corrected chi connectivity index (χ4v) is 6.22. The zero-order valence-corrected chi connectivity index (χ0v) is 36.4. The molecule has 3 rings (SSSR count). The molecule has 59 heavy (non-hydrogen) atoms. The van der Waals surface area contributed by atoms with Crippen LogP contribution in [0.15, 0.2) is 60.7 Å². The highest BCUT2D eigenvalue weighted by atomic mass is 28.4. The van der Waals surface area contributed by atoms with Gasteiger partial charge in [0.1, 0.15) is 48.1 Å². The van der Waals surface area contributed by atoms with Crippen LogP contribution < -0.4 is 30.4 Å². The molecule has 0 spiro atoms. The van der Waals surface area contributed by atoms with Gasteiger partial charge in [0.2, 0.25) is 8.32 Å². The summed E-state index contributed by atoms with van der Waals surface area (Å²) in [6.07, 6.45) is -11.2. The van der Waals surface area contributed by atoms with E-state index in [0.717, 1.165) is 0 Å². The molecular weight excluding hydrogens is 785 g/mol. The first-order valence-corrected chi connectivity index (χ1v) is 22.8. The molecule has 8 unspecified atom stereocenters. The standard InChI is InChI=1S/C22H30N2O7.C16H30N2O6Si.C3H8/c1-3-24(11-18(26)21(29)22(30)19(27)12-25)14-6-9-17(23)16(10-14)20(28)13-4-7-15(31-2)8-5-13;1-18(8-12(20)15(22)16(23)13(21)9-19)10-5-6-11(17)14(7-10)24-25(2,3)4;1-3-2/h4-10,18-19,21-22,25-27,29-30H,3,11-12,23H2,1-2H3;5-7,12-13,15-16,19-23H,8-9,17H2,1-4H3;3H2,1-2H3. The van der Waals surface area contributed by atoms with E-state index >= 15 is 0 Å². The lowest BCUT2D eigenvalue weighted by atomic mass is 10.00. The van der Waals surface area contributed by atoms with Crippen molar-refractivity contribution in [3.05, 3.63) is 71.8 Å². The van der Waals surface area contributed by atoms with Crippen LogP contribution in [0.4, 0.5) is 22.7 Å². The molecule has 0 saturated carbocycles. The molecule has 0 bridgehead atoms. The number of nitrogens with zero attached hydrogens (tertiary/aromatic N) is 2. The number of nitrogens with two attached hydrogens (primary N) is 2. The molecule has 14 N–H and O–H groups in total. The molecule has 3 aromatic rings.